The molecule has 1 atom stereocenters. The molecule has 0 saturated carbocycles. The topological polar surface area (TPSA) is 76.5 Å². The Balaban J connectivity index is 1.52. The first-order valence-electron chi connectivity index (χ1n) is 10.9. The number of hydrogen-bond acceptors (Lipinski definition) is 5. The summed E-state index contributed by atoms with van der Waals surface area (Å²) in [4.78, 5) is 32.7. The number of carbonyl (C=O) groups is 1. The van der Waals surface area contributed by atoms with Gasteiger partial charge in [-0.3, -0.25) is 9.59 Å². The molecule has 1 saturated heterocycles. The fourth-order valence-corrected chi connectivity index (χ4v) is 4.70. The molecule has 8 heteroatoms. The molecule has 32 heavy (non-hydrogen) atoms. The van der Waals surface area contributed by atoms with Crippen molar-refractivity contribution in [1.82, 2.24) is 14.9 Å². The lowest BCUT2D eigenvalue weighted by Gasteiger charge is -2.32. The highest BCUT2D eigenvalue weighted by Crippen LogP contribution is 2.24. The summed E-state index contributed by atoms with van der Waals surface area (Å²) in [5.74, 6) is 0.939. The number of rotatable bonds is 6. The molecular weight excluding hydrogens is 472 g/mol. The number of nitrogens with zero attached hydrogens (tertiary/aromatic N) is 3. The van der Waals surface area contributed by atoms with Gasteiger partial charge in [-0.25, -0.2) is 4.98 Å². The van der Waals surface area contributed by atoms with Crippen LogP contribution in [0, 0.1) is 5.92 Å². The molecule has 0 spiro atoms. The number of aromatic nitrogens is 2. The molecule has 0 bridgehead atoms. The lowest BCUT2D eigenvalue weighted by Crippen LogP contribution is -2.45. The maximum atomic E-state index is 13.1. The van der Waals surface area contributed by atoms with Gasteiger partial charge in [-0.2, -0.15) is 0 Å². The van der Waals surface area contributed by atoms with E-state index in [2.05, 4.69) is 26.2 Å². The van der Waals surface area contributed by atoms with Gasteiger partial charge in [0.05, 0.1) is 24.1 Å². The van der Waals surface area contributed by atoms with E-state index in [4.69, 9.17) is 4.74 Å². The standard InChI is InChI=1S/C24H27BrN4O3/c1-3-29-20-9-5-4-8-19(20)27-22(24(29)31)28-12-6-7-16(15-28)23(30)26-14-17-13-18(25)10-11-21(17)32-2/h4-5,8-11,13,16H,3,6-7,12,14-15H2,1-2H3,(H,26,30)/t16-/m1/s1. The van der Waals surface area contributed by atoms with Crippen LogP contribution >= 0.6 is 15.9 Å². The zero-order chi connectivity index (χ0) is 22.7. The van der Waals surface area contributed by atoms with E-state index in [0.717, 1.165) is 39.7 Å². The molecule has 1 amide bonds. The molecule has 1 aliphatic heterocycles. The van der Waals surface area contributed by atoms with Crippen molar-refractivity contribution in [3.8, 4) is 5.75 Å². The van der Waals surface area contributed by atoms with E-state index in [-0.39, 0.29) is 17.4 Å². The number of para-hydroxylation sites is 2. The minimum atomic E-state index is -0.204. The second-order valence-corrected chi connectivity index (χ2v) is 8.85. The van der Waals surface area contributed by atoms with Crippen LogP contribution in [0.5, 0.6) is 5.75 Å². The van der Waals surface area contributed by atoms with Crippen LogP contribution in [-0.2, 0) is 17.9 Å². The van der Waals surface area contributed by atoms with Gasteiger partial charge in [-0.05, 0) is 50.1 Å². The highest BCUT2D eigenvalue weighted by atomic mass is 79.9. The Morgan fingerprint density at radius 3 is 2.88 bits per heavy atom. The van der Waals surface area contributed by atoms with Gasteiger partial charge in [0.2, 0.25) is 5.91 Å². The largest absolute Gasteiger partial charge is 0.496 e. The Morgan fingerprint density at radius 2 is 2.09 bits per heavy atom. The van der Waals surface area contributed by atoms with Crippen LogP contribution in [0.15, 0.2) is 51.7 Å². The average molecular weight is 499 g/mol. The van der Waals surface area contributed by atoms with Crippen LogP contribution in [0.2, 0.25) is 0 Å². The number of nitrogens with one attached hydrogen (secondary N) is 1. The lowest BCUT2D eigenvalue weighted by molar-refractivity contribution is -0.125. The zero-order valence-electron chi connectivity index (χ0n) is 18.3. The highest BCUT2D eigenvalue weighted by Gasteiger charge is 2.28. The van der Waals surface area contributed by atoms with Crippen LogP contribution in [0.1, 0.15) is 25.3 Å². The van der Waals surface area contributed by atoms with Crippen LogP contribution in [-0.4, -0.2) is 35.7 Å². The predicted molar refractivity (Wildman–Crippen MR) is 129 cm³/mol. The number of methoxy groups -OCH3 is 1. The lowest BCUT2D eigenvalue weighted by atomic mass is 9.97. The number of fused-ring (bicyclic) bond motifs is 1. The smallest absolute Gasteiger partial charge is 0.293 e. The Morgan fingerprint density at radius 1 is 1.28 bits per heavy atom. The summed E-state index contributed by atoms with van der Waals surface area (Å²) >= 11 is 3.46. The van der Waals surface area contributed by atoms with Crippen LogP contribution < -0.4 is 20.5 Å². The first kappa shape index (κ1) is 22.3. The van der Waals surface area contributed by atoms with Gasteiger partial charge in [0.25, 0.3) is 5.56 Å². The van der Waals surface area contributed by atoms with Crippen molar-refractivity contribution in [2.75, 3.05) is 25.1 Å². The van der Waals surface area contributed by atoms with Crippen LogP contribution in [0.25, 0.3) is 11.0 Å². The summed E-state index contributed by atoms with van der Waals surface area (Å²) in [7, 11) is 1.62. The fourth-order valence-electron chi connectivity index (χ4n) is 4.29. The molecule has 7 nitrogen and oxygen atoms in total. The number of ether oxygens (including phenoxy) is 1. The van der Waals surface area contributed by atoms with Crippen molar-refractivity contribution < 1.29 is 9.53 Å². The van der Waals surface area contributed by atoms with Crippen molar-refractivity contribution in [1.29, 1.82) is 0 Å². The number of amides is 1. The Kier molecular flexibility index (Phi) is 6.79. The molecule has 2 heterocycles. The quantitative estimate of drug-likeness (QED) is 0.560. The maximum Gasteiger partial charge on any atom is 0.293 e. The molecule has 1 aromatic heterocycles. The first-order chi connectivity index (χ1) is 15.5. The van der Waals surface area contributed by atoms with E-state index in [9.17, 15) is 9.59 Å². The van der Waals surface area contributed by atoms with E-state index in [1.54, 1.807) is 11.7 Å². The van der Waals surface area contributed by atoms with Crippen LogP contribution in [0.3, 0.4) is 0 Å². The summed E-state index contributed by atoms with van der Waals surface area (Å²) in [5, 5.41) is 3.04. The van der Waals surface area contributed by atoms with E-state index >= 15 is 0 Å². The van der Waals surface area contributed by atoms with Gasteiger partial charge in [0.15, 0.2) is 5.82 Å². The Bertz CT molecular complexity index is 1190. The average Bonchev–Trinajstić information content (AvgIpc) is 2.82. The molecule has 2 aromatic carbocycles. The summed E-state index contributed by atoms with van der Waals surface area (Å²) in [6.07, 6.45) is 1.62. The zero-order valence-corrected chi connectivity index (χ0v) is 19.9. The second-order valence-electron chi connectivity index (χ2n) is 7.93. The molecule has 4 rings (SSSR count). The van der Waals surface area contributed by atoms with Gasteiger partial charge >= 0.3 is 0 Å². The number of aryl methyl sites for hydroxylation is 1. The number of benzene rings is 2. The Labute approximate surface area is 195 Å². The molecule has 1 fully saturated rings. The van der Waals surface area contributed by atoms with Gasteiger partial charge in [-0.15, -0.1) is 0 Å². The minimum Gasteiger partial charge on any atom is -0.496 e. The molecule has 0 unspecified atom stereocenters. The highest BCUT2D eigenvalue weighted by molar-refractivity contribution is 9.10. The van der Waals surface area contributed by atoms with E-state index < -0.39 is 0 Å². The van der Waals surface area contributed by atoms with Gasteiger partial charge in [0.1, 0.15) is 5.75 Å². The monoisotopic (exact) mass is 498 g/mol. The van der Waals surface area contributed by atoms with E-state index in [0.29, 0.717) is 32.0 Å². The SMILES string of the molecule is CCn1c(=O)c(N2CCC[C@@H](C(=O)NCc3cc(Br)ccc3OC)C2)nc2ccccc21. The van der Waals surface area contributed by atoms with Crippen LogP contribution in [0.4, 0.5) is 5.82 Å². The fraction of sp³-hybridized carbons (Fsp3) is 0.375. The maximum absolute atomic E-state index is 13.1. The second kappa shape index (κ2) is 9.73. The van der Waals surface area contributed by atoms with E-state index in [1.807, 2.05) is 54.3 Å². The predicted octanol–water partition coefficient (Wildman–Crippen LogP) is 3.72. The molecule has 1 N–H and O–H groups in total. The number of halogens is 1. The Hall–Kier alpha value is -2.87. The first-order valence-corrected chi connectivity index (χ1v) is 11.7. The third kappa shape index (κ3) is 4.50. The van der Waals surface area contributed by atoms with Crippen molar-refractivity contribution in [3.63, 3.8) is 0 Å². The molecule has 3 aromatic rings. The van der Waals surface area contributed by atoms with Gasteiger partial charge < -0.3 is 19.5 Å². The number of hydrogen-bond donors (Lipinski definition) is 1. The van der Waals surface area contributed by atoms with Gasteiger partial charge in [0, 0.05) is 36.2 Å². The van der Waals surface area contributed by atoms with Crippen molar-refractivity contribution in [2.45, 2.75) is 32.9 Å². The number of carbonyl (C=O) groups excluding carboxylic acids is 1. The van der Waals surface area contributed by atoms with Crippen molar-refractivity contribution in [2.24, 2.45) is 5.92 Å². The van der Waals surface area contributed by atoms with E-state index in [1.165, 1.54) is 0 Å². The molecular formula is C24H27BrN4O3. The normalized spacial score (nSPS) is 16.2. The van der Waals surface area contributed by atoms with Gasteiger partial charge in [-0.1, -0.05) is 28.1 Å². The van der Waals surface area contributed by atoms with Crippen molar-refractivity contribution in [3.05, 3.63) is 62.9 Å². The van der Waals surface area contributed by atoms with Crippen molar-refractivity contribution >= 4 is 38.7 Å². The molecule has 0 aliphatic carbocycles. The summed E-state index contributed by atoms with van der Waals surface area (Å²) in [6, 6.07) is 13.4. The molecule has 168 valence electrons. The number of piperidine rings is 1. The summed E-state index contributed by atoms with van der Waals surface area (Å²) in [5.41, 5.74) is 2.42. The minimum absolute atomic E-state index is 0.0201. The third-order valence-electron chi connectivity index (χ3n) is 5.94. The molecule has 1 aliphatic rings. The third-order valence-corrected chi connectivity index (χ3v) is 6.43. The summed E-state index contributed by atoms with van der Waals surface area (Å²) in [6.45, 7) is 4.11. The molecule has 0 radical (unpaired) electrons. The number of anilines is 1. The summed E-state index contributed by atoms with van der Waals surface area (Å²) < 4.78 is 8.08.